The van der Waals surface area contributed by atoms with Crippen LogP contribution in [-0.4, -0.2) is 26.3 Å². The molecule has 0 saturated carbocycles. The second kappa shape index (κ2) is 7.63. The Morgan fingerprint density at radius 3 is 2.38 bits per heavy atom. The van der Waals surface area contributed by atoms with Crippen molar-refractivity contribution >= 4 is 39.1 Å². The highest BCUT2D eigenvalue weighted by atomic mass is 32.2. The lowest BCUT2D eigenvalue weighted by Gasteiger charge is -2.11. The molecule has 0 aromatic heterocycles. The van der Waals surface area contributed by atoms with Crippen molar-refractivity contribution < 1.29 is 22.0 Å². The van der Waals surface area contributed by atoms with E-state index in [0.717, 1.165) is 30.2 Å². The minimum absolute atomic E-state index is 0.0434. The summed E-state index contributed by atoms with van der Waals surface area (Å²) in [5.41, 5.74) is 0.546. The molecule has 0 radical (unpaired) electrons. The first-order chi connectivity index (χ1) is 11.2. The van der Waals surface area contributed by atoms with E-state index in [-0.39, 0.29) is 11.4 Å². The third kappa shape index (κ3) is 5.50. The molecular formula is C15H14F2N2O3S2. The van der Waals surface area contributed by atoms with Gasteiger partial charge in [0.25, 0.3) is 0 Å². The number of para-hydroxylation sites is 2. The summed E-state index contributed by atoms with van der Waals surface area (Å²) in [6.07, 6.45) is 1.00. The average Bonchev–Trinajstić information content (AvgIpc) is 2.49. The fraction of sp³-hybridized carbons (Fsp3) is 0.133. The predicted molar refractivity (Wildman–Crippen MR) is 90.6 cm³/mol. The van der Waals surface area contributed by atoms with Crippen LogP contribution in [0.2, 0.25) is 0 Å². The number of sulfonamides is 1. The van der Waals surface area contributed by atoms with Gasteiger partial charge in [-0.1, -0.05) is 12.1 Å². The molecule has 2 aromatic rings. The highest BCUT2D eigenvalue weighted by Gasteiger charge is 2.11. The van der Waals surface area contributed by atoms with E-state index >= 15 is 0 Å². The van der Waals surface area contributed by atoms with Gasteiger partial charge in [-0.3, -0.25) is 9.52 Å². The number of carbonyl (C=O) groups excluding carboxylic acids is 1. The molecule has 0 aliphatic carbocycles. The molecule has 9 heteroatoms. The Labute approximate surface area is 142 Å². The number of thioether (sulfide) groups is 1. The van der Waals surface area contributed by atoms with Crippen molar-refractivity contribution in [3.63, 3.8) is 0 Å². The molecule has 1 amide bonds. The van der Waals surface area contributed by atoms with Gasteiger partial charge in [0.15, 0.2) is 11.6 Å². The minimum Gasteiger partial charge on any atom is -0.324 e. The number of hydrogen-bond acceptors (Lipinski definition) is 4. The van der Waals surface area contributed by atoms with Gasteiger partial charge in [-0.25, -0.2) is 17.2 Å². The van der Waals surface area contributed by atoms with Crippen LogP contribution in [0.4, 0.5) is 20.2 Å². The van der Waals surface area contributed by atoms with E-state index in [2.05, 4.69) is 10.0 Å². The quantitative estimate of drug-likeness (QED) is 0.764. The molecule has 0 atom stereocenters. The number of halogens is 2. The first-order valence-corrected chi connectivity index (χ1v) is 9.57. The normalized spacial score (nSPS) is 11.1. The van der Waals surface area contributed by atoms with Gasteiger partial charge in [0, 0.05) is 4.90 Å². The van der Waals surface area contributed by atoms with Gasteiger partial charge in [0.1, 0.15) is 0 Å². The zero-order valence-corrected chi connectivity index (χ0v) is 14.2. The number of benzene rings is 2. The van der Waals surface area contributed by atoms with E-state index in [1.165, 1.54) is 12.1 Å². The first-order valence-electron chi connectivity index (χ1n) is 6.69. The molecule has 2 aromatic carbocycles. The number of rotatable bonds is 6. The molecule has 0 saturated heterocycles. The fourth-order valence-electron chi connectivity index (χ4n) is 1.78. The van der Waals surface area contributed by atoms with Gasteiger partial charge < -0.3 is 5.32 Å². The molecule has 0 unspecified atom stereocenters. The molecule has 0 aliphatic rings. The van der Waals surface area contributed by atoms with E-state index in [9.17, 15) is 22.0 Å². The van der Waals surface area contributed by atoms with E-state index in [4.69, 9.17) is 0 Å². The highest BCUT2D eigenvalue weighted by Crippen LogP contribution is 2.24. The van der Waals surface area contributed by atoms with Crippen LogP contribution in [0.25, 0.3) is 0 Å². The predicted octanol–water partition coefficient (Wildman–Crippen LogP) is 3.07. The Balaban J connectivity index is 2.01. The van der Waals surface area contributed by atoms with E-state index in [1.54, 1.807) is 18.2 Å². The van der Waals surface area contributed by atoms with Gasteiger partial charge in [0.2, 0.25) is 15.9 Å². The van der Waals surface area contributed by atoms with Crippen LogP contribution in [0.3, 0.4) is 0 Å². The molecule has 24 heavy (non-hydrogen) atoms. The Morgan fingerprint density at radius 2 is 1.75 bits per heavy atom. The summed E-state index contributed by atoms with van der Waals surface area (Å²) in [5, 5.41) is 2.57. The Bertz CT molecular complexity index is 858. The maximum Gasteiger partial charge on any atom is 0.234 e. The lowest BCUT2D eigenvalue weighted by molar-refractivity contribution is -0.113. The van der Waals surface area contributed by atoms with Crippen molar-refractivity contribution in [2.45, 2.75) is 4.90 Å². The highest BCUT2D eigenvalue weighted by molar-refractivity contribution is 8.00. The molecular weight excluding hydrogens is 358 g/mol. The largest absolute Gasteiger partial charge is 0.324 e. The van der Waals surface area contributed by atoms with Crippen LogP contribution in [0.1, 0.15) is 0 Å². The smallest absolute Gasteiger partial charge is 0.234 e. The van der Waals surface area contributed by atoms with Crippen molar-refractivity contribution in [3.05, 3.63) is 54.1 Å². The van der Waals surface area contributed by atoms with E-state index in [0.29, 0.717) is 10.6 Å². The third-order valence-corrected chi connectivity index (χ3v) is 4.34. The maximum absolute atomic E-state index is 13.1. The Hall–Kier alpha value is -2.13. The van der Waals surface area contributed by atoms with Crippen LogP contribution >= 0.6 is 11.8 Å². The first kappa shape index (κ1) is 18.2. The Kier molecular flexibility index (Phi) is 5.79. The second-order valence-electron chi connectivity index (χ2n) is 4.83. The fourth-order valence-corrected chi connectivity index (χ4v) is 3.08. The topological polar surface area (TPSA) is 75.3 Å². The van der Waals surface area contributed by atoms with Crippen LogP contribution in [0.5, 0.6) is 0 Å². The maximum atomic E-state index is 13.1. The van der Waals surface area contributed by atoms with Crippen molar-refractivity contribution in [1.82, 2.24) is 0 Å². The van der Waals surface area contributed by atoms with E-state index < -0.39 is 27.6 Å². The number of amides is 1. The zero-order chi connectivity index (χ0) is 17.7. The van der Waals surface area contributed by atoms with Crippen molar-refractivity contribution in [3.8, 4) is 0 Å². The summed E-state index contributed by atoms with van der Waals surface area (Å²) >= 11 is 1.03. The van der Waals surface area contributed by atoms with Gasteiger partial charge in [-0.15, -0.1) is 11.8 Å². The summed E-state index contributed by atoms with van der Waals surface area (Å²) in [5.74, 6) is -2.39. The lowest BCUT2D eigenvalue weighted by Crippen LogP contribution is -2.17. The molecule has 0 aliphatic heterocycles. The number of hydrogen-bond donors (Lipinski definition) is 2. The minimum atomic E-state index is -3.48. The molecule has 0 spiro atoms. The monoisotopic (exact) mass is 372 g/mol. The van der Waals surface area contributed by atoms with Crippen LogP contribution < -0.4 is 10.0 Å². The van der Waals surface area contributed by atoms with Gasteiger partial charge in [-0.05, 0) is 30.3 Å². The summed E-state index contributed by atoms with van der Waals surface area (Å²) in [4.78, 5) is 12.4. The summed E-state index contributed by atoms with van der Waals surface area (Å²) < 4.78 is 50.9. The van der Waals surface area contributed by atoms with Gasteiger partial charge >= 0.3 is 0 Å². The molecule has 0 heterocycles. The van der Waals surface area contributed by atoms with Gasteiger partial charge in [-0.2, -0.15) is 0 Å². The summed E-state index contributed by atoms with van der Waals surface area (Å²) in [6, 6.07) is 9.69. The zero-order valence-electron chi connectivity index (χ0n) is 12.5. The number of nitrogens with one attached hydrogen (secondary N) is 2. The van der Waals surface area contributed by atoms with Crippen molar-refractivity contribution in [2.75, 3.05) is 22.0 Å². The second-order valence-corrected chi connectivity index (χ2v) is 7.63. The standard InChI is InChI=1S/C15H14F2N2O3S2/c1-24(21,22)19-14-5-3-2-4-13(14)18-15(20)9-23-10-6-7-11(16)12(17)8-10/h2-8,19H,9H2,1H3,(H,18,20). The number of carbonyl (C=O) groups is 1. The van der Waals surface area contributed by atoms with Crippen molar-refractivity contribution in [1.29, 1.82) is 0 Å². The molecule has 2 rings (SSSR count). The summed E-state index contributed by atoms with van der Waals surface area (Å²) in [7, 11) is -3.48. The van der Waals surface area contributed by atoms with Crippen LogP contribution in [0, 0.1) is 11.6 Å². The van der Waals surface area contributed by atoms with E-state index in [1.807, 2.05) is 0 Å². The number of anilines is 2. The molecule has 128 valence electrons. The van der Waals surface area contributed by atoms with Gasteiger partial charge in [0.05, 0.1) is 23.4 Å². The molecule has 2 N–H and O–H groups in total. The average molecular weight is 372 g/mol. The Morgan fingerprint density at radius 1 is 1.08 bits per heavy atom. The third-order valence-electron chi connectivity index (χ3n) is 2.76. The van der Waals surface area contributed by atoms with Crippen LogP contribution in [-0.2, 0) is 14.8 Å². The molecule has 0 bridgehead atoms. The molecule has 5 nitrogen and oxygen atoms in total. The lowest BCUT2D eigenvalue weighted by atomic mass is 10.3. The van der Waals surface area contributed by atoms with Crippen molar-refractivity contribution in [2.24, 2.45) is 0 Å². The van der Waals surface area contributed by atoms with Crippen LogP contribution in [0.15, 0.2) is 47.4 Å². The summed E-state index contributed by atoms with van der Waals surface area (Å²) in [6.45, 7) is 0. The SMILES string of the molecule is CS(=O)(=O)Nc1ccccc1NC(=O)CSc1ccc(F)c(F)c1. The molecule has 0 fully saturated rings.